The second-order valence-corrected chi connectivity index (χ2v) is 4.05. The van der Waals surface area contributed by atoms with Crippen molar-refractivity contribution < 1.29 is 13.6 Å². The Hall–Kier alpha value is -2.57. The van der Waals surface area contributed by atoms with E-state index in [0.717, 1.165) is 5.56 Å². The molecule has 0 saturated heterocycles. The highest BCUT2D eigenvalue weighted by Gasteiger charge is 2.06. The van der Waals surface area contributed by atoms with Crippen molar-refractivity contribution in [1.82, 2.24) is 9.97 Å². The van der Waals surface area contributed by atoms with E-state index in [1.165, 1.54) is 24.5 Å². The zero-order valence-electron chi connectivity index (χ0n) is 10.4. The Balaban J connectivity index is 2.01. The number of benzene rings is 1. The van der Waals surface area contributed by atoms with Crippen LogP contribution in [0.25, 0.3) is 0 Å². The fourth-order valence-electron chi connectivity index (χ4n) is 1.54. The van der Waals surface area contributed by atoms with E-state index in [9.17, 15) is 13.6 Å². The molecule has 1 amide bonds. The molecule has 0 saturated carbocycles. The van der Waals surface area contributed by atoms with Crippen molar-refractivity contribution in [3.05, 3.63) is 53.5 Å². The van der Waals surface area contributed by atoms with Crippen LogP contribution in [0.3, 0.4) is 0 Å². The first kappa shape index (κ1) is 13.9. The smallest absolute Gasteiger partial charge is 0.268 e. The number of amides is 1. The molecule has 7 heteroatoms. The van der Waals surface area contributed by atoms with Crippen LogP contribution in [-0.4, -0.2) is 15.9 Å². The van der Waals surface area contributed by atoms with Crippen molar-refractivity contribution in [1.29, 1.82) is 0 Å². The predicted molar refractivity (Wildman–Crippen MR) is 69.3 cm³/mol. The zero-order valence-corrected chi connectivity index (χ0v) is 10.4. The Kier molecular flexibility index (Phi) is 4.19. The molecule has 3 N–H and O–H groups in total. The Morgan fingerprint density at radius 2 is 1.95 bits per heavy atom. The maximum Gasteiger partial charge on any atom is 0.268 e. The number of nitrogens with two attached hydrogens (primary N) is 1. The van der Waals surface area contributed by atoms with Crippen LogP contribution in [0.1, 0.15) is 28.0 Å². The van der Waals surface area contributed by atoms with Gasteiger partial charge in [-0.25, -0.2) is 13.8 Å². The first-order valence-electron chi connectivity index (χ1n) is 5.79. The van der Waals surface area contributed by atoms with E-state index in [2.05, 4.69) is 15.3 Å². The van der Waals surface area contributed by atoms with Crippen LogP contribution in [0.5, 0.6) is 0 Å². The Morgan fingerprint density at radius 1 is 1.25 bits per heavy atom. The number of anilines is 1. The lowest BCUT2D eigenvalue weighted by atomic mass is 10.1. The summed E-state index contributed by atoms with van der Waals surface area (Å²) < 4.78 is 24.8. The minimum atomic E-state index is -2.48. The van der Waals surface area contributed by atoms with Gasteiger partial charge in [0.2, 0.25) is 0 Å². The van der Waals surface area contributed by atoms with E-state index in [4.69, 9.17) is 5.73 Å². The van der Waals surface area contributed by atoms with Gasteiger partial charge >= 0.3 is 0 Å². The molecule has 0 fully saturated rings. The van der Waals surface area contributed by atoms with Crippen LogP contribution in [0.4, 0.5) is 14.6 Å². The van der Waals surface area contributed by atoms with Gasteiger partial charge in [0.05, 0.1) is 12.4 Å². The summed E-state index contributed by atoms with van der Waals surface area (Å²) in [4.78, 5) is 18.7. The van der Waals surface area contributed by atoms with Gasteiger partial charge in [-0.2, -0.15) is 0 Å². The SMILES string of the molecule is NC(=O)c1cncc(NCc2ccc(C(F)F)cc2)n1. The molecule has 1 heterocycles. The van der Waals surface area contributed by atoms with Gasteiger partial charge in [0.1, 0.15) is 11.5 Å². The van der Waals surface area contributed by atoms with Crippen LogP contribution in [0, 0.1) is 0 Å². The standard InChI is InChI=1S/C13H12F2N4O/c14-12(15)9-3-1-8(2-4-9)5-18-11-7-17-6-10(19-11)13(16)20/h1-4,6-7,12H,5H2,(H2,16,20)(H,18,19). The van der Waals surface area contributed by atoms with Gasteiger partial charge in [0.25, 0.3) is 12.3 Å². The molecular formula is C13H12F2N4O. The van der Waals surface area contributed by atoms with Gasteiger partial charge in [-0.1, -0.05) is 24.3 Å². The number of nitrogens with one attached hydrogen (secondary N) is 1. The number of rotatable bonds is 5. The van der Waals surface area contributed by atoms with Crippen LogP contribution < -0.4 is 11.1 Å². The van der Waals surface area contributed by atoms with Gasteiger partial charge in [0, 0.05) is 12.1 Å². The first-order valence-corrected chi connectivity index (χ1v) is 5.79. The van der Waals surface area contributed by atoms with Crippen molar-refractivity contribution >= 4 is 11.7 Å². The molecule has 1 aromatic heterocycles. The van der Waals surface area contributed by atoms with Crippen molar-refractivity contribution in [3.8, 4) is 0 Å². The van der Waals surface area contributed by atoms with E-state index in [1.54, 1.807) is 12.1 Å². The van der Waals surface area contributed by atoms with Crippen molar-refractivity contribution in [2.45, 2.75) is 13.0 Å². The van der Waals surface area contributed by atoms with Gasteiger partial charge in [-0.15, -0.1) is 0 Å². The Labute approximate surface area is 113 Å². The molecule has 5 nitrogen and oxygen atoms in total. The molecule has 0 spiro atoms. The van der Waals surface area contributed by atoms with Gasteiger partial charge in [-0.3, -0.25) is 9.78 Å². The normalized spacial score (nSPS) is 10.6. The maximum atomic E-state index is 12.4. The second-order valence-electron chi connectivity index (χ2n) is 4.05. The van der Waals surface area contributed by atoms with Gasteiger partial charge in [-0.05, 0) is 5.56 Å². The summed E-state index contributed by atoms with van der Waals surface area (Å²) in [5, 5.41) is 2.94. The van der Waals surface area contributed by atoms with Crippen molar-refractivity contribution in [2.24, 2.45) is 5.73 Å². The Morgan fingerprint density at radius 3 is 2.55 bits per heavy atom. The van der Waals surface area contributed by atoms with E-state index in [-0.39, 0.29) is 11.3 Å². The fourth-order valence-corrected chi connectivity index (χ4v) is 1.54. The molecular weight excluding hydrogens is 266 g/mol. The number of aromatic nitrogens is 2. The lowest BCUT2D eigenvalue weighted by Crippen LogP contribution is -2.14. The second kappa shape index (κ2) is 6.05. The predicted octanol–water partition coefficient (Wildman–Crippen LogP) is 2.13. The first-order chi connectivity index (χ1) is 9.56. The van der Waals surface area contributed by atoms with Crippen LogP contribution >= 0.6 is 0 Å². The molecule has 0 atom stereocenters. The topological polar surface area (TPSA) is 80.9 Å². The number of nitrogens with zero attached hydrogens (tertiary/aromatic N) is 2. The molecule has 0 radical (unpaired) electrons. The van der Waals surface area contributed by atoms with Crippen LogP contribution in [0.15, 0.2) is 36.7 Å². The molecule has 0 bridgehead atoms. The summed E-state index contributed by atoms with van der Waals surface area (Å²) in [7, 11) is 0. The largest absolute Gasteiger partial charge is 0.365 e. The van der Waals surface area contributed by atoms with E-state index >= 15 is 0 Å². The van der Waals surface area contributed by atoms with E-state index in [0.29, 0.717) is 12.4 Å². The van der Waals surface area contributed by atoms with E-state index in [1.807, 2.05) is 0 Å². The summed E-state index contributed by atoms with van der Waals surface area (Å²) in [5.74, 6) is -0.276. The minimum Gasteiger partial charge on any atom is -0.365 e. The number of carbonyl (C=O) groups excluding carboxylic acids is 1. The van der Waals surface area contributed by atoms with Gasteiger partial charge in [0.15, 0.2) is 0 Å². The van der Waals surface area contributed by atoms with Crippen molar-refractivity contribution in [3.63, 3.8) is 0 Å². The highest BCUT2D eigenvalue weighted by atomic mass is 19.3. The number of hydrogen-bond acceptors (Lipinski definition) is 4. The number of primary amides is 1. The lowest BCUT2D eigenvalue weighted by molar-refractivity contribution is 0.0995. The monoisotopic (exact) mass is 278 g/mol. The summed E-state index contributed by atoms with van der Waals surface area (Å²) in [5.41, 5.74) is 5.94. The molecule has 2 aromatic rings. The van der Waals surface area contributed by atoms with Crippen LogP contribution in [-0.2, 0) is 6.54 Å². The summed E-state index contributed by atoms with van der Waals surface area (Å²) in [6, 6.07) is 5.93. The fraction of sp³-hybridized carbons (Fsp3) is 0.154. The number of halogens is 2. The molecule has 1 aromatic carbocycles. The number of alkyl halides is 2. The summed E-state index contributed by atoms with van der Waals surface area (Å²) in [6.45, 7) is 0.375. The highest BCUT2D eigenvalue weighted by molar-refractivity contribution is 5.90. The minimum absolute atomic E-state index is 0.0238. The third-order valence-electron chi connectivity index (χ3n) is 2.59. The number of hydrogen-bond donors (Lipinski definition) is 2. The van der Waals surface area contributed by atoms with Gasteiger partial charge < -0.3 is 11.1 Å². The molecule has 0 aliphatic heterocycles. The third kappa shape index (κ3) is 3.47. The van der Waals surface area contributed by atoms with Crippen LogP contribution in [0.2, 0.25) is 0 Å². The number of carbonyl (C=O) groups is 1. The van der Waals surface area contributed by atoms with E-state index < -0.39 is 12.3 Å². The average molecular weight is 278 g/mol. The third-order valence-corrected chi connectivity index (χ3v) is 2.59. The maximum absolute atomic E-state index is 12.4. The molecule has 0 unspecified atom stereocenters. The molecule has 20 heavy (non-hydrogen) atoms. The summed E-state index contributed by atoms with van der Waals surface area (Å²) >= 11 is 0. The summed E-state index contributed by atoms with van der Waals surface area (Å²) in [6.07, 6.45) is 0.236. The molecule has 104 valence electrons. The Bertz CT molecular complexity index is 602. The molecule has 2 rings (SSSR count). The highest BCUT2D eigenvalue weighted by Crippen LogP contribution is 2.18. The average Bonchev–Trinajstić information content (AvgIpc) is 2.46. The van der Waals surface area contributed by atoms with Crippen molar-refractivity contribution in [2.75, 3.05) is 5.32 Å². The molecule has 0 aliphatic rings. The quantitative estimate of drug-likeness (QED) is 0.877. The lowest BCUT2D eigenvalue weighted by Gasteiger charge is -2.07. The zero-order chi connectivity index (χ0) is 14.5. The molecule has 0 aliphatic carbocycles.